The fourth-order valence-electron chi connectivity index (χ4n) is 1.61. The Bertz CT molecular complexity index is 401. The third kappa shape index (κ3) is 4.07. The molecule has 0 aromatic carbocycles. The lowest BCUT2D eigenvalue weighted by Gasteiger charge is -2.27. The van der Waals surface area contributed by atoms with E-state index >= 15 is 0 Å². The van der Waals surface area contributed by atoms with Crippen molar-refractivity contribution >= 4 is 33.2 Å². The molecule has 3 N–H and O–H groups in total. The van der Waals surface area contributed by atoms with Crippen LogP contribution in [0.15, 0.2) is 15.9 Å². The molecule has 0 bridgehead atoms. The first-order chi connectivity index (χ1) is 8.41. The van der Waals surface area contributed by atoms with E-state index in [1.54, 1.807) is 11.3 Å². The van der Waals surface area contributed by atoms with E-state index in [4.69, 9.17) is 5.73 Å². The van der Waals surface area contributed by atoms with Crippen molar-refractivity contribution in [2.75, 3.05) is 6.54 Å². The van der Waals surface area contributed by atoms with Crippen molar-refractivity contribution in [2.45, 2.75) is 45.1 Å². The number of hydrogen-bond acceptors (Lipinski definition) is 3. The van der Waals surface area contributed by atoms with Crippen molar-refractivity contribution in [3.8, 4) is 0 Å². The molecule has 1 aromatic rings. The van der Waals surface area contributed by atoms with Gasteiger partial charge in [0.05, 0.1) is 9.70 Å². The van der Waals surface area contributed by atoms with E-state index in [9.17, 15) is 4.79 Å². The molecular weight excluding hydrogens is 312 g/mol. The number of rotatable bonds is 6. The Morgan fingerprint density at radius 2 is 2.11 bits per heavy atom. The third-order valence-corrected chi connectivity index (χ3v) is 5.24. The van der Waals surface area contributed by atoms with Gasteiger partial charge in [-0.3, -0.25) is 4.79 Å². The topological polar surface area (TPSA) is 55.1 Å². The molecule has 1 heterocycles. The molecule has 0 aliphatic carbocycles. The fraction of sp³-hybridized carbons (Fsp3) is 0.615. The van der Waals surface area contributed by atoms with E-state index in [2.05, 4.69) is 35.1 Å². The van der Waals surface area contributed by atoms with E-state index < -0.39 is 0 Å². The van der Waals surface area contributed by atoms with Crippen molar-refractivity contribution in [3.63, 3.8) is 0 Å². The summed E-state index contributed by atoms with van der Waals surface area (Å²) in [4.78, 5) is 13.1. The predicted molar refractivity (Wildman–Crippen MR) is 80.9 cm³/mol. The molecule has 0 fully saturated rings. The van der Waals surface area contributed by atoms with Crippen LogP contribution in [0.4, 0.5) is 0 Å². The molecule has 18 heavy (non-hydrogen) atoms. The molecule has 0 radical (unpaired) electrons. The van der Waals surface area contributed by atoms with Gasteiger partial charge in [0.2, 0.25) is 5.91 Å². The molecule has 1 rings (SSSR count). The summed E-state index contributed by atoms with van der Waals surface area (Å²) in [6.45, 7) is 6.56. The highest BCUT2D eigenvalue weighted by molar-refractivity contribution is 9.11. The van der Waals surface area contributed by atoms with Crippen molar-refractivity contribution in [3.05, 3.63) is 20.8 Å². The minimum absolute atomic E-state index is 0.0427. The first kappa shape index (κ1) is 15.7. The zero-order chi connectivity index (χ0) is 13.8. The summed E-state index contributed by atoms with van der Waals surface area (Å²) in [5.41, 5.74) is 5.88. The zero-order valence-electron chi connectivity index (χ0n) is 11.1. The Morgan fingerprint density at radius 3 is 2.56 bits per heavy atom. The van der Waals surface area contributed by atoms with Crippen molar-refractivity contribution in [1.82, 2.24) is 5.32 Å². The summed E-state index contributed by atoms with van der Waals surface area (Å²) >= 11 is 5.00. The maximum Gasteiger partial charge on any atom is 0.228 e. The highest BCUT2D eigenvalue weighted by Crippen LogP contribution is 2.28. The number of amides is 1. The van der Waals surface area contributed by atoms with E-state index in [1.165, 1.54) is 0 Å². The Kier molecular flexibility index (Phi) is 5.82. The number of nitrogens with one attached hydrogen (secondary N) is 1. The lowest BCUT2D eigenvalue weighted by atomic mass is 9.94. The highest BCUT2D eigenvalue weighted by atomic mass is 79.9. The van der Waals surface area contributed by atoms with Gasteiger partial charge < -0.3 is 11.1 Å². The van der Waals surface area contributed by atoms with E-state index in [1.807, 2.05) is 19.1 Å². The zero-order valence-corrected chi connectivity index (χ0v) is 13.5. The summed E-state index contributed by atoms with van der Waals surface area (Å²) < 4.78 is 1.05. The third-order valence-electron chi connectivity index (χ3n) is 3.44. The minimum atomic E-state index is -0.286. The number of thiophene rings is 1. The molecule has 0 saturated heterocycles. The number of halogens is 1. The summed E-state index contributed by atoms with van der Waals surface area (Å²) in [6, 6.07) is 3.95. The van der Waals surface area contributed by atoms with Gasteiger partial charge in [0.1, 0.15) is 0 Å². The standard InChI is InChI=1S/C13H21BrN2OS/c1-4-13(15,5-2)8-16-12(17)9(3)10-6-7-11(14)18-10/h6-7,9H,4-5,8,15H2,1-3H3,(H,16,17). The van der Waals surface area contributed by atoms with Gasteiger partial charge in [-0.15, -0.1) is 11.3 Å². The van der Waals surface area contributed by atoms with Gasteiger partial charge in [0.15, 0.2) is 0 Å². The van der Waals surface area contributed by atoms with Crippen molar-refractivity contribution in [1.29, 1.82) is 0 Å². The van der Waals surface area contributed by atoms with Crippen LogP contribution in [0, 0.1) is 0 Å². The monoisotopic (exact) mass is 332 g/mol. The molecule has 5 heteroatoms. The summed E-state index contributed by atoms with van der Waals surface area (Å²) in [7, 11) is 0. The Hall–Kier alpha value is -0.390. The fourth-order valence-corrected chi connectivity index (χ4v) is 3.08. The molecule has 1 aromatic heterocycles. The van der Waals surface area contributed by atoms with E-state index in [0.29, 0.717) is 6.54 Å². The second-order valence-electron chi connectivity index (χ2n) is 4.65. The molecule has 1 amide bonds. The second-order valence-corrected chi connectivity index (χ2v) is 7.15. The lowest BCUT2D eigenvalue weighted by molar-refractivity contribution is -0.122. The molecule has 3 nitrogen and oxygen atoms in total. The largest absolute Gasteiger partial charge is 0.354 e. The Balaban J connectivity index is 2.56. The average Bonchev–Trinajstić information content (AvgIpc) is 2.81. The van der Waals surface area contributed by atoms with Gasteiger partial charge in [-0.25, -0.2) is 0 Å². The van der Waals surface area contributed by atoms with Crippen LogP contribution in [0.2, 0.25) is 0 Å². The molecular formula is C13H21BrN2OS. The summed E-state index contributed by atoms with van der Waals surface area (Å²) in [6.07, 6.45) is 1.73. The number of carbonyl (C=O) groups is 1. The van der Waals surface area contributed by atoms with Crippen LogP contribution in [-0.4, -0.2) is 18.0 Å². The van der Waals surface area contributed by atoms with Gasteiger partial charge in [0.25, 0.3) is 0 Å². The molecule has 102 valence electrons. The summed E-state index contributed by atoms with van der Waals surface area (Å²) in [5.74, 6) is -0.0830. The molecule has 0 aliphatic heterocycles. The molecule has 0 saturated carbocycles. The van der Waals surface area contributed by atoms with Crippen LogP contribution in [-0.2, 0) is 4.79 Å². The Labute approximate surface area is 121 Å². The van der Waals surface area contributed by atoms with Crippen LogP contribution in [0.3, 0.4) is 0 Å². The molecule has 1 atom stereocenters. The van der Waals surface area contributed by atoms with Gasteiger partial charge >= 0.3 is 0 Å². The first-order valence-corrected chi connectivity index (χ1v) is 7.84. The van der Waals surface area contributed by atoms with Crippen LogP contribution in [0.5, 0.6) is 0 Å². The maximum absolute atomic E-state index is 12.1. The highest BCUT2D eigenvalue weighted by Gasteiger charge is 2.23. The van der Waals surface area contributed by atoms with Gasteiger partial charge in [-0.1, -0.05) is 13.8 Å². The smallest absolute Gasteiger partial charge is 0.228 e. The van der Waals surface area contributed by atoms with Gasteiger partial charge in [-0.05, 0) is 47.8 Å². The second kappa shape index (κ2) is 6.68. The van der Waals surface area contributed by atoms with Crippen LogP contribution in [0.25, 0.3) is 0 Å². The van der Waals surface area contributed by atoms with Crippen LogP contribution < -0.4 is 11.1 Å². The lowest BCUT2D eigenvalue weighted by Crippen LogP contribution is -2.49. The SMILES string of the molecule is CCC(N)(CC)CNC(=O)C(C)c1ccc(Br)s1. The average molecular weight is 333 g/mol. The predicted octanol–water partition coefficient (Wildman–Crippen LogP) is 3.25. The quantitative estimate of drug-likeness (QED) is 0.840. The van der Waals surface area contributed by atoms with Gasteiger partial charge in [-0.2, -0.15) is 0 Å². The van der Waals surface area contributed by atoms with Crippen LogP contribution in [0.1, 0.15) is 44.4 Å². The minimum Gasteiger partial charge on any atom is -0.354 e. The number of nitrogens with two attached hydrogens (primary N) is 1. The first-order valence-electron chi connectivity index (χ1n) is 6.23. The normalized spacial score (nSPS) is 13.4. The maximum atomic E-state index is 12.1. The van der Waals surface area contributed by atoms with E-state index in [0.717, 1.165) is 21.5 Å². The molecule has 0 aliphatic rings. The van der Waals surface area contributed by atoms with Crippen LogP contribution >= 0.6 is 27.3 Å². The Morgan fingerprint density at radius 1 is 1.50 bits per heavy atom. The number of hydrogen-bond donors (Lipinski definition) is 2. The van der Waals surface area contributed by atoms with Gasteiger partial charge in [0, 0.05) is 17.0 Å². The number of carbonyl (C=O) groups excluding carboxylic acids is 1. The molecule has 1 unspecified atom stereocenters. The van der Waals surface area contributed by atoms with Crippen molar-refractivity contribution < 1.29 is 4.79 Å². The van der Waals surface area contributed by atoms with Crippen molar-refractivity contribution in [2.24, 2.45) is 5.73 Å². The molecule has 0 spiro atoms. The summed E-state index contributed by atoms with van der Waals surface area (Å²) in [5, 5.41) is 2.96. The van der Waals surface area contributed by atoms with E-state index in [-0.39, 0.29) is 17.4 Å².